The van der Waals surface area contributed by atoms with Gasteiger partial charge in [-0.25, -0.2) is 0 Å². The summed E-state index contributed by atoms with van der Waals surface area (Å²) in [7, 11) is 0. The van der Waals surface area contributed by atoms with E-state index in [2.05, 4.69) is 22.4 Å². The average Bonchev–Trinajstić information content (AvgIpc) is 3.13. The predicted octanol–water partition coefficient (Wildman–Crippen LogP) is 3.37. The molecule has 1 aliphatic heterocycles. The average molecular weight is 372 g/mol. The number of benzene rings is 1. The summed E-state index contributed by atoms with van der Waals surface area (Å²) in [5, 5.41) is 12.6. The van der Waals surface area contributed by atoms with Crippen LogP contribution in [0.2, 0.25) is 0 Å². The van der Waals surface area contributed by atoms with E-state index in [0.717, 1.165) is 24.3 Å². The highest BCUT2D eigenvalue weighted by Gasteiger charge is 2.28. The minimum absolute atomic E-state index is 0.0185. The van der Waals surface area contributed by atoms with Crippen LogP contribution in [-0.2, 0) is 11.2 Å². The van der Waals surface area contributed by atoms with Crippen molar-refractivity contribution in [1.29, 1.82) is 0 Å². The highest BCUT2D eigenvalue weighted by molar-refractivity contribution is 7.15. The lowest BCUT2D eigenvalue weighted by molar-refractivity contribution is -0.121. The van der Waals surface area contributed by atoms with Gasteiger partial charge in [-0.1, -0.05) is 42.9 Å². The Hall–Kier alpha value is -2.28. The number of hydrogen-bond donors (Lipinski definition) is 1. The molecule has 6 nitrogen and oxygen atoms in total. The molecule has 1 N–H and O–H groups in total. The van der Waals surface area contributed by atoms with Crippen molar-refractivity contribution in [3.05, 3.63) is 40.9 Å². The fourth-order valence-electron chi connectivity index (χ4n) is 3.05. The molecule has 2 amide bonds. The molecule has 0 aliphatic carbocycles. The number of aromatic nitrogens is 2. The summed E-state index contributed by atoms with van der Waals surface area (Å²) in [4.78, 5) is 26.8. The highest BCUT2D eigenvalue weighted by Crippen LogP contribution is 2.23. The van der Waals surface area contributed by atoms with Gasteiger partial charge in [-0.05, 0) is 31.4 Å². The molecule has 7 heteroatoms. The van der Waals surface area contributed by atoms with Crippen LogP contribution in [0.25, 0.3) is 0 Å². The van der Waals surface area contributed by atoms with Gasteiger partial charge in [-0.3, -0.25) is 9.59 Å². The molecule has 138 valence electrons. The molecule has 0 bridgehead atoms. The molecule has 3 rings (SSSR count). The number of unbranched alkanes of at least 4 members (excludes halogenated alkanes) is 1. The molecule has 1 saturated heterocycles. The Morgan fingerprint density at radius 1 is 1.19 bits per heavy atom. The number of nitrogens with one attached hydrogen (secondary N) is 1. The minimum atomic E-state index is -0.0854. The summed E-state index contributed by atoms with van der Waals surface area (Å²) in [6.45, 7) is 3.34. The van der Waals surface area contributed by atoms with Gasteiger partial charge < -0.3 is 10.2 Å². The van der Waals surface area contributed by atoms with Gasteiger partial charge in [-0.15, -0.1) is 10.2 Å². The van der Waals surface area contributed by atoms with Crippen molar-refractivity contribution in [2.24, 2.45) is 5.92 Å². The molecule has 0 spiro atoms. The summed E-state index contributed by atoms with van der Waals surface area (Å²) in [6.07, 6.45) is 4.44. The standard InChI is InChI=1S/C19H24N4O2S/c1-2-3-9-16-21-22-19(26-16)20-17(24)14-10-12-23(13-11-14)18(25)15-7-5-4-6-8-15/h4-8,14H,2-3,9-13H2,1H3,(H,20,22,24). The number of aryl methyl sites for hydroxylation is 1. The number of nitrogens with zero attached hydrogens (tertiary/aromatic N) is 3. The maximum atomic E-state index is 12.5. The van der Waals surface area contributed by atoms with E-state index in [1.165, 1.54) is 11.3 Å². The Balaban J connectivity index is 1.49. The first kappa shape index (κ1) is 18.5. The van der Waals surface area contributed by atoms with Gasteiger partial charge in [0.1, 0.15) is 5.01 Å². The molecular formula is C19H24N4O2S. The van der Waals surface area contributed by atoms with Gasteiger partial charge in [0.15, 0.2) is 0 Å². The number of carbonyl (C=O) groups is 2. The van der Waals surface area contributed by atoms with Gasteiger partial charge in [0.2, 0.25) is 11.0 Å². The van der Waals surface area contributed by atoms with Crippen LogP contribution in [0, 0.1) is 5.92 Å². The first-order valence-electron chi connectivity index (χ1n) is 9.15. The van der Waals surface area contributed by atoms with E-state index in [1.54, 1.807) is 0 Å². The summed E-state index contributed by atoms with van der Waals surface area (Å²) in [5.41, 5.74) is 0.698. The number of piperidine rings is 1. The number of hydrogen-bond acceptors (Lipinski definition) is 5. The molecule has 0 radical (unpaired) electrons. The molecule has 0 unspecified atom stereocenters. The molecule has 2 aromatic rings. The maximum Gasteiger partial charge on any atom is 0.253 e. The van der Waals surface area contributed by atoms with E-state index in [0.29, 0.717) is 36.6 Å². The Kier molecular flexibility index (Phi) is 6.33. The lowest BCUT2D eigenvalue weighted by Gasteiger charge is -2.31. The van der Waals surface area contributed by atoms with Gasteiger partial charge in [0.25, 0.3) is 5.91 Å². The zero-order valence-corrected chi connectivity index (χ0v) is 15.8. The molecule has 0 atom stereocenters. The molecule has 1 aromatic heterocycles. The van der Waals surface area contributed by atoms with Crippen molar-refractivity contribution in [3.63, 3.8) is 0 Å². The molecular weight excluding hydrogens is 348 g/mol. The second-order valence-electron chi connectivity index (χ2n) is 6.53. The fourth-order valence-corrected chi connectivity index (χ4v) is 3.83. The smallest absolute Gasteiger partial charge is 0.253 e. The normalized spacial score (nSPS) is 15.0. The Bertz CT molecular complexity index is 739. The third kappa shape index (κ3) is 4.66. The van der Waals surface area contributed by atoms with Crippen LogP contribution in [-0.4, -0.2) is 40.0 Å². The van der Waals surface area contributed by atoms with E-state index >= 15 is 0 Å². The zero-order valence-electron chi connectivity index (χ0n) is 15.0. The third-order valence-corrected chi connectivity index (χ3v) is 5.51. The van der Waals surface area contributed by atoms with Crippen LogP contribution in [0.4, 0.5) is 5.13 Å². The van der Waals surface area contributed by atoms with E-state index in [9.17, 15) is 9.59 Å². The molecule has 1 fully saturated rings. The zero-order chi connectivity index (χ0) is 18.4. The third-order valence-electron chi connectivity index (χ3n) is 4.61. The van der Waals surface area contributed by atoms with E-state index < -0.39 is 0 Å². The SMILES string of the molecule is CCCCc1nnc(NC(=O)C2CCN(C(=O)c3ccccc3)CC2)s1. The van der Waals surface area contributed by atoms with Crippen molar-refractivity contribution in [3.8, 4) is 0 Å². The van der Waals surface area contributed by atoms with Crippen molar-refractivity contribution >= 4 is 28.3 Å². The molecule has 0 saturated carbocycles. The minimum Gasteiger partial charge on any atom is -0.339 e. The van der Waals surface area contributed by atoms with Crippen LogP contribution in [0.5, 0.6) is 0 Å². The van der Waals surface area contributed by atoms with Crippen LogP contribution < -0.4 is 5.32 Å². The molecule has 2 heterocycles. The van der Waals surface area contributed by atoms with Crippen molar-refractivity contribution < 1.29 is 9.59 Å². The van der Waals surface area contributed by atoms with Gasteiger partial charge >= 0.3 is 0 Å². The van der Waals surface area contributed by atoms with Crippen LogP contribution in [0.1, 0.15) is 48.0 Å². The summed E-state index contributed by atoms with van der Waals surface area (Å²) in [5.74, 6) is -0.0676. The maximum absolute atomic E-state index is 12.5. The van der Waals surface area contributed by atoms with Crippen LogP contribution in [0.15, 0.2) is 30.3 Å². The van der Waals surface area contributed by atoms with Gasteiger partial charge in [0.05, 0.1) is 0 Å². The quantitative estimate of drug-likeness (QED) is 0.843. The molecule has 1 aromatic carbocycles. The Morgan fingerprint density at radius 2 is 1.92 bits per heavy atom. The van der Waals surface area contributed by atoms with E-state index in [-0.39, 0.29) is 17.7 Å². The monoisotopic (exact) mass is 372 g/mol. The second-order valence-corrected chi connectivity index (χ2v) is 7.59. The summed E-state index contributed by atoms with van der Waals surface area (Å²) >= 11 is 1.45. The number of carbonyl (C=O) groups excluding carboxylic acids is 2. The van der Waals surface area contributed by atoms with Crippen molar-refractivity contribution in [2.45, 2.75) is 39.0 Å². The molecule has 26 heavy (non-hydrogen) atoms. The van der Waals surface area contributed by atoms with Crippen LogP contribution >= 0.6 is 11.3 Å². The Labute approximate surface area is 157 Å². The van der Waals surface area contributed by atoms with E-state index in [1.807, 2.05) is 35.2 Å². The number of likely N-dealkylation sites (tertiary alicyclic amines) is 1. The topological polar surface area (TPSA) is 75.2 Å². The predicted molar refractivity (Wildman–Crippen MR) is 102 cm³/mol. The van der Waals surface area contributed by atoms with Gasteiger partial charge in [0, 0.05) is 31.0 Å². The van der Waals surface area contributed by atoms with E-state index in [4.69, 9.17) is 0 Å². The lowest BCUT2D eigenvalue weighted by atomic mass is 9.95. The first-order chi connectivity index (χ1) is 12.7. The van der Waals surface area contributed by atoms with Crippen LogP contribution in [0.3, 0.4) is 0 Å². The number of rotatable bonds is 6. The van der Waals surface area contributed by atoms with Crippen molar-refractivity contribution in [2.75, 3.05) is 18.4 Å². The Morgan fingerprint density at radius 3 is 2.62 bits per heavy atom. The number of amides is 2. The first-order valence-corrected chi connectivity index (χ1v) is 9.96. The second kappa shape index (κ2) is 8.89. The highest BCUT2D eigenvalue weighted by atomic mass is 32.1. The van der Waals surface area contributed by atoms with Crippen molar-refractivity contribution in [1.82, 2.24) is 15.1 Å². The lowest BCUT2D eigenvalue weighted by Crippen LogP contribution is -2.41. The fraction of sp³-hybridized carbons (Fsp3) is 0.474. The summed E-state index contributed by atoms with van der Waals surface area (Å²) in [6, 6.07) is 9.28. The van der Waals surface area contributed by atoms with Gasteiger partial charge in [-0.2, -0.15) is 0 Å². The molecule has 1 aliphatic rings. The largest absolute Gasteiger partial charge is 0.339 e. The number of anilines is 1. The summed E-state index contributed by atoms with van der Waals surface area (Å²) < 4.78 is 0.